The highest BCUT2D eigenvalue weighted by molar-refractivity contribution is 5.79. The smallest absolute Gasteiger partial charge is 0.410 e. The summed E-state index contributed by atoms with van der Waals surface area (Å²) < 4.78 is 11.7. The maximum absolute atomic E-state index is 13.4. The average molecular weight is 468 g/mol. The first-order chi connectivity index (χ1) is 17.1. The fourth-order valence-electron chi connectivity index (χ4n) is 5.93. The van der Waals surface area contributed by atoms with E-state index in [9.17, 15) is 15.2 Å². The van der Waals surface area contributed by atoms with E-state index in [1.54, 1.807) is 17.2 Å². The SMILES string of the molecule is N#Cc1cncc(C2(O)CC3COCC(C2)N3C(=O)OCC2c3ccccc3-c3ccccc32)c1. The Bertz CT molecular complexity index is 1270. The fourth-order valence-corrected chi connectivity index (χ4v) is 5.93. The van der Waals surface area contributed by atoms with E-state index >= 15 is 0 Å². The summed E-state index contributed by atoms with van der Waals surface area (Å²) in [7, 11) is 0. The number of ether oxygens (including phenoxy) is 2. The second-order valence-electron chi connectivity index (χ2n) is 9.57. The summed E-state index contributed by atoms with van der Waals surface area (Å²) in [6.45, 7) is 0.908. The number of nitriles is 1. The Balaban J connectivity index is 1.21. The molecule has 0 radical (unpaired) electrons. The molecule has 0 spiro atoms. The normalized spacial score (nSPS) is 24.9. The van der Waals surface area contributed by atoms with Crippen LogP contribution in [-0.4, -0.2) is 53.0 Å². The van der Waals surface area contributed by atoms with Gasteiger partial charge in [0.05, 0.1) is 36.5 Å². The minimum Gasteiger partial charge on any atom is -0.448 e. The molecule has 2 unspecified atom stereocenters. The van der Waals surface area contributed by atoms with Crippen molar-refractivity contribution >= 4 is 6.09 Å². The van der Waals surface area contributed by atoms with Crippen molar-refractivity contribution in [1.29, 1.82) is 5.26 Å². The highest BCUT2D eigenvalue weighted by Gasteiger charge is 2.49. The zero-order valence-electron chi connectivity index (χ0n) is 19.1. The molecule has 7 heteroatoms. The summed E-state index contributed by atoms with van der Waals surface area (Å²) in [5, 5.41) is 20.7. The van der Waals surface area contributed by atoms with Crippen LogP contribution in [0.3, 0.4) is 0 Å². The van der Waals surface area contributed by atoms with Crippen LogP contribution in [-0.2, 0) is 15.1 Å². The predicted molar refractivity (Wildman–Crippen MR) is 127 cm³/mol. The number of hydrogen-bond acceptors (Lipinski definition) is 6. The number of carbonyl (C=O) groups is 1. The zero-order valence-corrected chi connectivity index (χ0v) is 19.1. The van der Waals surface area contributed by atoms with Crippen molar-refractivity contribution in [2.75, 3.05) is 19.8 Å². The van der Waals surface area contributed by atoms with Crippen LogP contribution < -0.4 is 0 Å². The molecule has 2 fully saturated rings. The number of amides is 1. The monoisotopic (exact) mass is 467 g/mol. The van der Waals surface area contributed by atoms with Crippen molar-refractivity contribution in [3.05, 3.63) is 89.2 Å². The fraction of sp³-hybridized carbons (Fsp3) is 0.321. The molecular weight excluding hydrogens is 442 g/mol. The second-order valence-corrected chi connectivity index (χ2v) is 9.57. The summed E-state index contributed by atoms with van der Waals surface area (Å²) >= 11 is 0. The van der Waals surface area contributed by atoms with Crippen LogP contribution in [0.2, 0.25) is 0 Å². The molecule has 1 aliphatic carbocycles. The number of aromatic nitrogens is 1. The van der Waals surface area contributed by atoms with Gasteiger partial charge in [-0.3, -0.25) is 9.88 Å². The summed E-state index contributed by atoms with van der Waals surface area (Å²) in [5.74, 6) is -0.0102. The van der Waals surface area contributed by atoms with Gasteiger partial charge in [0.15, 0.2) is 0 Å². The van der Waals surface area contributed by atoms with Crippen LogP contribution in [0, 0.1) is 11.3 Å². The van der Waals surface area contributed by atoms with Crippen LogP contribution >= 0.6 is 0 Å². The van der Waals surface area contributed by atoms with Gasteiger partial charge in [0.2, 0.25) is 0 Å². The second kappa shape index (κ2) is 8.49. The quantitative estimate of drug-likeness (QED) is 0.627. The van der Waals surface area contributed by atoms with E-state index in [4.69, 9.17) is 9.47 Å². The molecule has 35 heavy (non-hydrogen) atoms. The molecule has 3 heterocycles. The van der Waals surface area contributed by atoms with Crippen LogP contribution in [0.1, 0.15) is 41.0 Å². The van der Waals surface area contributed by atoms with Crippen molar-refractivity contribution in [1.82, 2.24) is 9.88 Å². The lowest BCUT2D eigenvalue weighted by molar-refractivity contribution is -0.136. The molecule has 2 bridgehead atoms. The van der Waals surface area contributed by atoms with E-state index in [-0.39, 0.29) is 30.7 Å². The van der Waals surface area contributed by atoms with E-state index in [0.29, 0.717) is 37.2 Å². The lowest BCUT2D eigenvalue weighted by Crippen LogP contribution is -2.62. The van der Waals surface area contributed by atoms with Crippen molar-refractivity contribution in [3.63, 3.8) is 0 Å². The maximum Gasteiger partial charge on any atom is 0.410 e. The number of aliphatic hydroxyl groups is 1. The molecule has 176 valence electrons. The first kappa shape index (κ1) is 21.8. The summed E-state index contributed by atoms with van der Waals surface area (Å²) in [5.41, 5.74) is 4.53. The van der Waals surface area contributed by atoms with Crippen molar-refractivity contribution in [2.45, 2.75) is 36.4 Å². The van der Waals surface area contributed by atoms with E-state index in [1.807, 2.05) is 24.3 Å². The van der Waals surface area contributed by atoms with Crippen molar-refractivity contribution < 1.29 is 19.4 Å². The number of hydrogen-bond donors (Lipinski definition) is 1. The first-order valence-electron chi connectivity index (χ1n) is 11.9. The number of benzene rings is 2. The number of morpholine rings is 1. The Kier molecular flexibility index (Phi) is 5.28. The van der Waals surface area contributed by atoms with Gasteiger partial charge in [-0.25, -0.2) is 4.79 Å². The Morgan fingerprint density at radius 1 is 1.09 bits per heavy atom. The molecule has 7 nitrogen and oxygen atoms in total. The minimum absolute atomic E-state index is 0.0102. The third kappa shape index (κ3) is 3.66. The van der Waals surface area contributed by atoms with Gasteiger partial charge in [0.25, 0.3) is 0 Å². The lowest BCUT2D eigenvalue weighted by Gasteiger charge is -2.50. The van der Waals surface area contributed by atoms with E-state index in [2.05, 4.69) is 35.3 Å². The molecule has 2 aromatic carbocycles. The van der Waals surface area contributed by atoms with Gasteiger partial charge >= 0.3 is 6.09 Å². The molecule has 1 amide bonds. The van der Waals surface area contributed by atoms with Gasteiger partial charge < -0.3 is 14.6 Å². The topological polar surface area (TPSA) is 95.7 Å². The molecule has 2 aliphatic heterocycles. The van der Waals surface area contributed by atoms with Gasteiger partial charge in [0.1, 0.15) is 12.7 Å². The number of fused-ring (bicyclic) bond motifs is 5. The van der Waals surface area contributed by atoms with Gasteiger partial charge in [-0.05, 0) is 28.3 Å². The third-order valence-electron chi connectivity index (χ3n) is 7.51. The Morgan fingerprint density at radius 3 is 2.34 bits per heavy atom. The predicted octanol–water partition coefficient (Wildman–Crippen LogP) is 3.95. The number of rotatable bonds is 3. The highest BCUT2D eigenvalue weighted by atomic mass is 16.6. The number of piperidine rings is 1. The summed E-state index contributed by atoms with van der Waals surface area (Å²) in [4.78, 5) is 19.2. The standard InChI is InChI=1S/C28H25N3O4/c29-12-18-9-19(14-30-13-18)28(33)10-20-15-34-16-21(11-28)31(20)27(32)35-17-26-24-7-3-1-5-22(24)23-6-2-4-8-25(23)26/h1-9,13-14,20-21,26,33H,10-11,15-17H2. The van der Waals surface area contributed by atoms with Gasteiger partial charge in [-0.15, -0.1) is 0 Å². The largest absolute Gasteiger partial charge is 0.448 e. The Morgan fingerprint density at radius 2 is 1.71 bits per heavy atom. The van der Waals surface area contributed by atoms with Crippen molar-refractivity contribution in [3.8, 4) is 17.2 Å². The van der Waals surface area contributed by atoms with E-state index in [0.717, 1.165) is 0 Å². The van der Waals surface area contributed by atoms with E-state index in [1.165, 1.54) is 28.5 Å². The summed E-state index contributed by atoms with van der Waals surface area (Å²) in [6, 6.07) is 19.6. The molecule has 1 N–H and O–H groups in total. The Labute approximate surface area is 203 Å². The molecule has 2 saturated heterocycles. The lowest BCUT2D eigenvalue weighted by atomic mass is 9.77. The maximum atomic E-state index is 13.4. The highest BCUT2D eigenvalue weighted by Crippen LogP contribution is 2.45. The average Bonchev–Trinajstić information content (AvgIpc) is 3.20. The number of carbonyl (C=O) groups excluding carboxylic acids is 1. The first-order valence-corrected chi connectivity index (χ1v) is 11.9. The van der Waals surface area contributed by atoms with E-state index < -0.39 is 5.60 Å². The molecule has 1 aromatic heterocycles. The van der Waals surface area contributed by atoms with Gasteiger partial charge in [-0.2, -0.15) is 5.26 Å². The van der Waals surface area contributed by atoms with Crippen LogP contribution in [0.15, 0.2) is 67.0 Å². The molecule has 3 aliphatic rings. The molecule has 0 saturated carbocycles. The van der Waals surface area contributed by atoms with Crippen LogP contribution in [0.4, 0.5) is 4.79 Å². The summed E-state index contributed by atoms with van der Waals surface area (Å²) in [6.07, 6.45) is 3.29. The molecular formula is C28H25N3O4. The third-order valence-corrected chi connectivity index (χ3v) is 7.51. The van der Waals surface area contributed by atoms with Gasteiger partial charge in [-0.1, -0.05) is 48.5 Å². The molecule has 2 atom stereocenters. The zero-order chi connectivity index (χ0) is 24.0. The number of pyridine rings is 1. The van der Waals surface area contributed by atoms with Gasteiger partial charge in [0, 0.05) is 36.7 Å². The van der Waals surface area contributed by atoms with Crippen LogP contribution in [0.25, 0.3) is 11.1 Å². The van der Waals surface area contributed by atoms with Crippen molar-refractivity contribution in [2.24, 2.45) is 0 Å². The molecule has 6 rings (SSSR count). The Hall–Kier alpha value is -3.73. The number of nitrogens with zero attached hydrogens (tertiary/aromatic N) is 3. The minimum atomic E-state index is -1.18. The van der Waals surface area contributed by atoms with Crippen LogP contribution in [0.5, 0.6) is 0 Å². The molecule has 3 aromatic rings.